The molecule has 0 aliphatic heterocycles. The van der Waals surface area contributed by atoms with E-state index in [1.807, 2.05) is 166 Å². The second-order valence-electron chi connectivity index (χ2n) is 50.2. The van der Waals surface area contributed by atoms with Crippen molar-refractivity contribution in [2.24, 2.45) is 119 Å². The van der Waals surface area contributed by atoms with Crippen molar-refractivity contribution >= 4 is 53.5 Å². The molecule has 126 heavy (non-hydrogen) atoms. The molecule has 0 aromatic rings. The van der Waals surface area contributed by atoms with E-state index < -0.39 is 66.1 Å². The quantitative estimate of drug-likeness (QED) is 0.0737. The van der Waals surface area contributed by atoms with E-state index in [0.717, 1.165) is 126 Å². The molecule has 1 spiro atoms. The van der Waals surface area contributed by atoms with Crippen molar-refractivity contribution in [2.75, 3.05) is 0 Å². The number of esters is 8. The van der Waals surface area contributed by atoms with Gasteiger partial charge in [0.1, 0.15) is 50.6 Å². The standard InChI is InChI=1S/C24H38O5.C22H34O5.C21H34O4.C21H36O2.C16H28O2.2C2H6/c1-5-20(3,4)18(25)28-24-13-17-11-21(15-24,14-22(27,12-17)16-24)19(26)29-23(6-2)9-7-8-10-23;1-7-19(3,4)17(24)27-22-11-14-9-21(13-22,10-15(12-22)16(14)23)18(25)26-20(5,6)8-2;1-7-19(5,6)16(22)25-21-11-14-8-15(12-21)10-20(9-14,13-21)17(23)24-18(2,3)4;1-8-18(3,4)17(22)23-20(7)11-12-21-13-16(20)19(5,6)15(21)10-9-14(21)2;1-6-15(2,3)14(17)18-16(4,5)13-10-11-7-8-12(13)9-11;2*1-2/h17,27H,5-16H2,1-4H3;14-15H,7-13H2,1-6H3;14-15H,7-13H2,1-6H3;14-16H,8-13H2,1-7H3;11-13H,6-10H2,1-5H3;2*1-2H3. The van der Waals surface area contributed by atoms with Gasteiger partial charge >= 0.3 is 47.8 Å². The molecular formula is C108H182O18. The zero-order chi connectivity index (χ0) is 94.9. The molecule has 18 fully saturated rings. The molecule has 18 heteroatoms. The maximum atomic E-state index is 13.6. The lowest BCUT2D eigenvalue weighted by Gasteiger charge is -2.63. The van der Waals surface area contributed by atoms with Crippen LogP contribution in [0.15, 0.2) is 0 Å². The van der Waals surface area contributed by atoms with Gasteiger partial charge in [-0.1, -0.05) is 103 Å². The highest BCUT2D eigenvalue weighted by atomic mass is 16.6. The minimum Gasteiger partial charge on any atom is -0.460 e. The zero-order valence-corrected chi connectivity index (χ0v) is 85.9. The highest BCUT2D eigenvalue weighted by molar-refractivity contribution is 5.91. The van der Waals surface area contributed by atoms with Gasteiger partial charge < -0.3 is 43.0 Å². The Kier molecular flexibility index (Phi) is 31.1. The van der Waals surface area contributed by atoms with Crippen molar-refractivity contribution < 1.29 is 86.2 Å². The van der Waals surface area contributed by atoms with Crippen LogP contribution in [0.3, 0.4) is 0 Å². The Morgan fingerprint density at radius 3 is 1.29 bits per heavy atom. The molecule has 0 radical (unpaired) electrons. The molecule has 1 N–H and O–H groups in total. The number of carbonyl (C=O) groups excluding carboxylic acids is 9. The SMILES string of the molecule is CC.CC.CCC(C)(C)C(=O)OC(C)(C)C1CC2CCC1C2.CCC(C)(C)C(=O)OC1(C)CCC23CC1C(C)(C)C2CCC3C.CCC(C)(C)C(=O)OC12CC3CC(C1)CC(C(=O)OC(C)(C)C)(C3)C2.CCC(C)(C)OC(=O)C12CC3CC(OC(=O)C(C)(C)CC)(CC(C1)C3=O)C2.CCC1(OC(=O)C23CC4CC(O)(CC(OC(=O)C(C)(C)CC)(C4)C2)C3)CCCC1. The molecule has 0 saturated heterocycles. The van der Waals surface area contributed by atoms with Crippen LogP contribution in [0.2, 0.25) is 0 Å². The number of fused-ring (bicyclic) bond motifs is 3. The third kappa shape index (κ3) is 21.3. The molecule has 0 amide bonds. The van der Waals surface area contributed by atoms with Gasteiger partial charge in [0.15, 0.2) is 0 Å². The van der Waals surface area contributed by atoms with Crippen LogP contribution in [0.5, 0.6) is 0 Å². The van der Waals surface area contributed by atoms with Crippen molar-refractivity contribution in [3.8, 4) is 0 Å². The van der Waals surface area contributed by atoms with Gasteiger partial charge in [-0.3, -0.25) is 43.2 Å². The van der Waals surface area contributed by atoms with Crippen LogP contribution in [0, 0.1) is 119 Å². The van der Waals surface area contributed by atoms with Crippen LogP contribution in [0.25, 0.3) is 0 Å². The summed E-state index contributed by atoms with van der Waals surface area (Å²) in [5.41, 5.74) is -8.07. The average Bonchev–Trinajstić information content (AvgIpc) is 1.40. The van der Waals surface area contributed by atoms with Gasteiger partial charge in [-0.25, -0.2) is 0 Å². The summed E-state index contributed by atoms with van der Waals surface area (Å²) in [4.78, 5) is 116. The maximum Gasteiger partial charge on any atom is 0.312 e. The molecule has 16 bridgehead atoms. The van der Waals surface area contributed by atoms with Crippen LogP contribution >= 0.6 is 0 Å². The van der Waals surface area contributed by atoms with E-state index in [4.69, 9.17) is 37.9 Å². The Morgan fingerprint density at radius 2 is 0.833 bits per heavy atom. The van der Waals surface area contributed by atoms with Crippen molar-refractivity contribution in [3.05, 3.63) is 0 Å². The minimum absolute atomic E-state index is 0.000595. The fraction of sp³-hybridized carbons (Fsp3) is 0.917. The van der Waals surface area contributed by atoms with Crippen molar-refractivity contribution in [1.82, 2.24) is 0 Å². The van der Waals surface area contributed by atoms with Gasteiger partial charge in [-0.15, -0.1) is 0 Å². The van der Waals surface area contributed by atoms with E-state index in [0.29, 0.717) is 106 Å². The predicted octanol–water partition coefficient (Wildman–Crippen LogP) is 25.4. The lowest BCUT2D eigenvalue weighted by Crippen LogP contribution is -2.67. The number of ketones is 1. The Morgan fingerprint density at radius 1 is 0.389 bits per heavy atom. The summed E-state index contributed by atoms with van der Waals surface area (Å²) in [6, 6.07) is 0. The van der Waals surface area contributed by atoms with Crippen molar-refractivity contribution in [1.29, 1.82) is 0 Å². The highest BCUT2D eigenvalue weighted by Crippen LogP contribution is 2.75. The van der Waals surface area contributed by atoms with Gasteiger partial charge in [0, 0.05) is 49.4 Å². The molecule has 16 atom stereocenters. The van der Waals surface area contributed by atoms with Crippen LogP contribution in [0.1, 0.15) is 459 Å². The summed E-state index contributed by atoms with van der Waals surface area (Å²) in [6.45, 7) is 65.0. The molecule has 0 aromatic heterocycles. The molecule has 18 aliphatic carbocycles. The van der Waals surface area contributed by atoms with E-state index in [-0.39, 0.29) is 104 Å². The number of ether oxygens (including phenoxy) is 8. The van der Waals surface area contributed by atoms with E-state index in [1.54, 1.807) is 0 Å². The third-order valence-electron chi connectivity index (χ3n) is 36.5. The first kappa shape index (κ1) is 105. The second-order valence-corrected chi connectivity index (χ2v) is 50.2. The number of rotatable bonds is 23. The van der Waals surface area contributed by atoms with E-state index >= 15 is 0 Å². The lowest BCUT2D eigenvalue weighted by atomic mass is 9.46. The van der Waals surface area contributed by atoms with Crippen LogP contribution < -0.4 is 0 Å². The summed E-state index contributed by atoms with van der Waals surface area (Å²) in [5, 5.41) is 11.3. The zero-order valence-electron chi connectivity index (χ0n) is 85.9. The summed E-state index contributed by atoms with van der Waals surface area (Å²) in [5.74, 6) is 4.42. The summed E-state index contributed by atoms with van der Waals surface area (Å²) < 4.78 is 48.4. The van der Waals surface area contributed by atoms with Crippen molar-refractivity contribution in [2.45, 2.75) is 510 Å². The number of hydrogen-bond donors (Lipinski definition) is 1. The number of Topliss-reactive ketones (excluding diaryl/α,β-unsaturated/α-hetero) is 1. The number of hydrogen-bond acceptors (Lipinski definition) is 18. The van der Waals surface area contributed by atoms with Crippen molar-refractivity contribution in [3.63, 3.8) is 0 Å². The molecule has 16 unspecified atom stereocenters. The predicted molar refractivity (Wildman–Crippen MR) is 496 cm³/mol. The maximum absolute atomic E-state index is 13.6. The van der Waals surface area contributed by atoms with Crippen LogP contribution in [-0.2, 0) is 81.0 Å². The summed E-state index contributed by atoms with van der Waals surface area (Å²) in [6.07, 6.45) is 32.9. The normalized spacial score (nSPS) is 37.0. The molecule has 0 aromatic carbocycles. The molecular weight excluding hydrogens is 1590 g/mol. The van der Waals surface area contributed by atoms with Gasteiger partial charge in [0.2, 0.25) is 0 Å². The molecule has 0 heterocycles. The van der Waals surface area contributed by atoms with Gasteiger partial charge in [0.05, 0.1) is 48.9 Å². The first-order valence-electron chi connectivity index (χ1n) is 51.1. The Hall–Kier alpha value is -4.61. The first-order valence-corrected chi connectivity index (χ1v) is 51.1. The monoisotopic (exact) mass is 1770 g/mol. The number of aliphatic hydroxyl groups is 1. The molecule has 18 nitrogen and oxygen atoms in total. The fourth-order valence-corrected chi connectivity index (χ4v) is 27.6. The van der Waals surface area contributed by atoms with Crippen LogP contribution in [-0.4, -0.2) is 109 Å². The Bertz CT molecular complexity index is 3860. The van der Waals surface area contributed by atoms with Gasteiger partial charge in [-0.2, -0.15) is 0 Å². The molecule has 18 rings (SSSR count). The highest BCUT2D eigenvalue weighted by Gasteiger charge is 2.73. The topological polar surface area (TPSA) is 248 Å². The molecule has 18 aliphatic rings. The van der Waals surface area contributed by atoms with Gasteiger partial charge in [0.25, 0.3) is 0 Å². The first-order chi connectivity index (χ1) is 58.0. The summed E-state index contributed by atoms with van der Waals surface area (Å²) >= 11 is 0. The van der Waals surface area contributed by atoms with E-state index in [1.165, 1.54) is 57.8 Å². The second kappa shape index (κ2) is 37.3. The van der Waals surface area contributed by atoms with E-state index in [2.05, 4.69) is 55.4 Å². The average molecular weight is 1770 g/mol. The minimum atomic E-state index is -0.926. The number of carbonyl (C=O) groups is 9. The fourth-order valence-electron chi connectivity index (χ4n) is 27.6. The third-order valence-corrected chi connectivity index (χ3v) is 36.5. The Labute approximate surface area is 764 Å². The van der Waals surface area contributed by atoms with Crippen LogP contribution in [0.4, 0.5) is 0 Å². The summed E-state index contributed by atoms with van der Waals surface area (Å²) in [7, 11) is 0. The Balaban J connectivity index is 0.000000178. The van der Waals surface area contributed by atoms with Gasteiger partial charge in [-0.05, 0) is 382 Å². The lowest BCUT2D eigenvalue weighted by molar-refractivity contribution is -0.254. The smallest absolute Gasteiger partial charge is 0.312 e. The largest absolute Gasteiger partial charge is 0.460 e. The van der Waals surface area contributed by atoms with E-state index in [9.17, 15) is 48.3 Å². The molecule has 18 saturated carbocycles. The molecule has 722 valence electrons.